The maximum Gasteiger partial charge on any atom is 0.339 e. The lowest BCUT2D eigenvalue weighted by Crippen LogP contribution is -2.19. The van der Waals surface area contributed by atoms with Gasteiger partial charge in [0.15, 0.2) is 0 Å². The number of ether oxygens (including phenoxy) is 2. The quantitative estimate of drug-likeness (QED) is 0.236. The summed E-state index contributed by atoms with van der Waals surface area (Å²) in [5.41, 5.74) is 3.09. The summed E-state index contributed by atoms with van der Waals surface area (Å²) < 4.78 is 36.4. The van der Waals surface area contributed by atoms with Crippen molar-refractivity contribution in [3.63, 3.8) is 0 Å². The Kier molecular flexibility index (Phi) is 7.77. The number of carboxylic acids is 1. The highest BCUT2D eigenvalue weighted by atomic mass is 32.2. The molecule has 35 heavy (non-hydrogen) atoms. The number of carboxylic acid groups (broad SMARTS) is 1. The summed E-state index contributed by atoms with van der Waals surface area (Å²) in [5.74, 6) is -0.266. The van der Waals surface area contributed by atoms with E-state index in [1.54, 1.807) is 54.6 Å². The lowest BCUT2D eigenvalue weighted by atomic mass is 10.1. The van der Waals surface area contributed by atoms with Crippen molar-refractivity contribution in [2.75, 3.05) is 17.5 Å². The molecule has 0 aliphatic heterocycles. The van der Waals surface area contributed by atoms with Gasteiger partial charge < -0.3 is 19.1 Å². The predicted octanol–water partition coefficient (Wildman–Crippen LogP) is 5.44. The van der Waals surface area contributed by atoms with Crippen molar-refractivity contribution < 1.29 is 28.1 Å². The number of benzene rings is 4. The average Bonchev–Trinajstić information content (AvgIpc) is 2.88. The van der Waals surface area contributed by atoms with Gasteiger partial charge in [-0.1, -0.05) is 54.6 Å². The number of nitrogens with zero attached hydrogens (tertiary/aromatic N) is 1. The van der Waals surface area contributed by atoms with Gasteiger partial charge in [0.1, 0.15) is 30.3 Å². The molecule has 0 amide bonds. The Bertz CT molecular complexity index is 1290. The molecule has 4 aromatic carbocycles. The van der Waals surface area contributed by atoms with Crippen LogP contribution in [0.3, 0.4) is 0 Å². The molecule has 0 bridgehead atoms. The second kappa shape index (κ2) is 11.3. The normalized spacial score (nSPS) is 11.5. The summed E-state index contributed by atoms with van der Waals surface area (Å²) in [6.07, 6.45) is 0. The second-order valence-electron chi connectivity index (χ2n) is 7.42. The van der Waals surface area contributed by atoms with Gasteiger partial charge >= 0.3 is 5.97 Å². The molecule has 1 N–H and O–H groups in total. The maximum absolute atomic E-state index is 12.0. The Hall–Kier alpha value is -4.14. The number of carbonyl (C=O) groups is 1. The highest BCUT2D eigenvalue weighted by Gasteiger charge is 2.12. The molecule has 7 nitrogen and oxygen atoms in total. The number of aromatic carboxylic acids is 1. The zero-order valence-corrected chi connectivity index (χ0v) is 19.4. The van der Waals surface area contributed by atoms with Gasteiger partial charge in [-0.2, -0.15) is 0 Å². The fourth-order valence-corrected chi connectivity index (χ4v) is 4.09. The second-order valence-corrected chi connectivity index (χ2v) is 8.22. The Morgan fingerprint density at radius 3 is 1.91 bits per heavy atom. The largest absolute Gasteiger partial charge is 0.755 e. The van der Waals surface area contributed by atoms with Gasteiger partial charge in [-0.15, -0.1) is 0 Å². The van der Waals surface area contributed by atoms with E-state index in [4.69, 9.17) is 9.47 Å². The van der Waals surface area contributed by atoms with Gasteiger partial charge in [0, 0.05) is 0 Å². The van der Waals surface area contributed by atoms with Gasteiger partial charge in [0.25, 0.3) is 0 Å². The molecule has 0 aromatic heterocycles. The van der Waals surface area contributed by atoms with Crippen molar-refractivity contribution in [2.24, 2.45) is 0 Å². The lowest BCUT2D eigenvalue weighted by Gasteiger charge is -2.26. The van der Waals surface area contributed by atoms with Crippen LogP contribution >= 0.6 is 0 Å². The van der Waals surface area contributed by atoms with Gasteiger partial charge in [0.05, 0.1) is 22.6 Å². The van der Waals surface area contributed by atoms with E-state index >= 15 is 0 Å². The summed E-state index contributed by atoms with van der Waals surface area (Å²) in [6.45, 7) is 0.335. The van der Waals surface area contributed by atoms with Crippen LogP contribution in [0.5, 0.6) is 11.5 Å². The van der Waals surface area contributed by atoms with E-state index in [1.165, 1.54) is 10.4 Å². The molecule has 0 spiro atoms. The highest BCUT2D eigenvalue weighted by Crippen LogP contribution is 2.30. The van der Waals surface area contributed by atoms with Gasteiger partial charge in [-0.25, -0.2) is 4.79 Å². The molecule has 1 unspecified atom stereocenters. The van der Waals surface area contributed by atoms with E-state index in [0.717, 1.165) is 11.1 Å². The smallest absolute Gasteiger partial charge is 0.339 e. The van der Waals surface area contributed by atoms with Gasteiger partial charge in [0.2, 0.25) is 0 Å². The van der Waals surface area contributed by atoms with Crippen molar-refractivity contribution in [3.8, 4) is 22.6 Å². The van der Waals surface area contributed by atoms with Crippen molar-refractivity contribution in [2.45, 2.75) is 0 Å². The summed E-state index contributed by atoms with van der Waals surface area (Å²) in [5, 5.41) is 9.20. The minimum atomic E-state index is -2.52. The zero-order chi connectivity index (χ0) is 24.6. The molecule has 0 fully saturated rings. The summed E-state index contributed by atoms with van der Waals surface area (Å²) in [4.78, 5) is 11.2. The molecule has 0 saturated carbocycles. The number of hydrogen-bond acceptors (Lipinski definition) is 5. The first-order chi connectivity index (χ1) is 17.0. The predicted molar refractivity (Wildman–Crippen MR) is 134 cm³/mol. The van der Waals surface area contributed by atoms with Gasteiger partial charge in [-0.3, -0.25) is 8.51 Å². The first-order valence-electron chi connectivity index (χ1n) is 10.8. The van der Waals surface area contributed by atoms with E-state index in [2.05, 4.69) is 0 Å². The summed E-state index contributed by atoms with van der Waals surface area (Å²) >= 11 is -2.52. The van der Waals surface area contributed by atoms with E-state index in [0.29, 0.717) is 17.1 Å². The molecular formula is C27H22NO6S-. The number of anilines is 2. The van der Waals surface area contributed by atoms with Crippen molar-refractivity contribution in [1.82, 2.24) is 0 Å². The third-order valence-electron chi connectivity index (χ3n) is 5.16. The minimum absolute atomic E-state index is 0.0827. The van der Waals surface area contributed by atoms with Crippen molar-refractivity contribution in [3.05, 3.63) is 109 Å². The van der Waals surface area contributed by atoms with E-state index in [9.17, 15) is 18.7 Å². The molecule has 4 rings (SSSR count). The van der Waals surface area contributed by atoms with Crippen LogP contribution < -0.4 is 13.8 Å². The zero-order valence-electron chi connectivity index (χ0n) is 18.6. The Labute approximate surface area is 205 Å². The summed E-state index contributed by atoms with van der Waals surface area (Å²) in [7, 11) is 0. The molecule has 4 aromatic rings. The van der Waals surface area contributed by atoms with E-state index in [-0.39, 0.29) is 24.5 Å². The fourth-order valence-electron chi connectivity index (χ4n) is 3.50. The molecule has 0 aliphatic rings. The van der Waals surface area contributed by atoms with Crippen LogP contribution in [0.2, 0.25) is 0 Å². The summed E-state index contributed by atoms with van der Waals surface area (Å²) in [6, 6.07) is 30.1. The van der Waals surface area contributed by atoms with Crippen molar-refractivity contribution in [1.29, 1.82) is 0 Å². The fraction of sp³-hybridized carbons (Fsp3) is 0.0741. The monoisotopic (exact) mass is 488 g/mol. The SMILES string of the molecule is O=C(O)c1ccccc1OCCOc1ccc(N(c2ccc(-c3ccccc3)cc2)S(=O)[O-])cc1. The van der Waals surface area contributed by atoms with Crippen LogP contribution in [0.1, 0.15) is 10.4 Å². The molecule has 8 heteroatoms. The van der Waals surface area contributed by atoms with Crippen LogP contribution in [-0.2, 0) is 11.3 Å². The highest BCUT2D eigenvalue weighted by molar-refractivity contribution is 7.81. The maximum atomic E-state index is 12.0. The molecule has 0 radical (unpaired) electrons. The molecule has 0 heterocycles. The van der Waals surface area contributed by atoms with Crippen LogP contribution in [0.4, 0.5) is 11.4 Å². The minimum Gasteiger partial charge on any atom is -0.755 e. The topological polar surface area (TPSA) is 99.1 Å². The molecule has 0 saturated heterocycles. The molecule has 178 valence electrons. The molecule has 1 atom stereocenters. The van der Waals surface area contributed by atoms with E-state index in [1.807, 2.05) is 42.5 Å². The van der Waals surface area contributed by atoms with Crippen LogP contribution in [0.15, 0.2) is 103 Å². The average molecular weight is 489 g/mol. The molecule has 0 aliphatic carbocycles. The van der Waals surface area contributed by atoms with E-state index < -0.39 is 17.2 Å². The number of rotatable bonds is 10. The van der Waals surface area contributed by atoms with Crippen molar-refractivity contribution >= 4 is 28.6 Å². The molecular weight excluding hydrogens is 466 g/mol. The first kappa shape index (κ1) is 24.0. The number of hydrogen-bond donors (Lipinski definition) is 1. The lowest BCUT2D eigenvalue weighted by molar-refractivity contribution is 0.0691. The Morgan fingerprint density at radius 1 is 0.743 bits per heavy atom. The van der Waals surface area contributed by atoms with Crippen LogP contribution in [0, 0.1) is 0 Å². The Balaban J connectivity index is 1.38. The van der Waals surface area contributed by atoms with Crippen LogP contribution in [0.25, 0.3) is 11.1 Å². The van der Waals surface area contributed by atoms with Crippen LogP contribution in [-0.4, -0.2) is 33.1 Å². The first-order valence-corrected chi connectivity index (χ1v) is 11.8. The standard InChI is InChI=1S/C27H23NO6S/c29-27(30)25-8-4-5-9-26(25)34-19-18-33-24-16-14-23(15-17-24)28(35(31)32)22-12-10-21(11-13-22)20-6-2-1-3-7-20/h1-17H,18-19H2,(H,29,30)(H,31,32)/p-1. The number of para-hydroxylation sites is 1. The third kappa shape index (κ3) is 6.06. The third-order valence-corrected chi connectivity index (χ3v) is 5.88. The Morgan fingerprint density at radius 2 is 1.29 bits per heavy atom. The van der Waals surface area contributed by atoms with Gasteiger partial charge in [-0.05, 0) is 59.7 Å².